The summed E-state index contributed by atoms with van der Waals surface area (Å²) in [7, 11) is 0. The molecule has 0 saturated carbocycles. The predicted octanol–water partition coefficient (Wildman–Crippen LogP) is 4.35. The lowest BCUT2D eigenvalue weighted by Gasteiger charge is -2.43. The molecule has 0 aromatic heterocycles. The maximum Gasteiger partial charge on any atom is 0.128 e. The first-order chi connectivity index (χ1) is 13.0. The number of piperidine rings is 1. The minimum Gasteiger partial charge on any atom is -0.371 e. The molecule has 2 aliphatic rings. The van der Waals surface area contributed by atoms with Gasteiger partial charge in [0.05, 0.1) is 16.9 Å². The highest BCUT2D eigenvalue weighted by Crippen LogP contribution is 2.36. The van der Waals surface area contributed by atoms with Gasteiger partial charge in [-0.3, -0.25) is 0 Å². The van der Waals surface area contributed by atoms with Crippen molar-refractivity contribution < 1.29 is 0 Å². The molecule has 2 aliphatic heterocycles. The van der Waals surface area contributed by atoms with Gasteiger partial charge in [0.1, 0.15) is 5.84 Å². The second kappa shape index (κ2) is 7.01. The van der Waals surface area contributed by atoms with Crippen LogP contribution in [-0.4, -0.2) is 24.5 Å². The van der Waals surface area contributed by atoms with E-state index in [1.54, 1.807) is 0 Å². The van der Waals surface area contributed by atoms with Crippen molar-refractivity contribution in [3.63, 3.8) is 0 Å². The van der Waals surface area contributed by atoms with Crippen LogP contribution in [0.25, 0.3) is 0 Å². The summed E-state index contributed by atoms with van der Waals surface area (Å²) in [5, 5.41) is 11.0. The van der Waals surface area contributed by atoms with Crippen molar-refractivity contribution in [1.29, 1.82) is 0 Å². The zero-order valence-electron chi connectivity index (χ0n) is 16.6. The van der Waals surface area contributed by atoms with Gasteiger partial charge in [0.15, 0.2) is 0 Å². The lowest BCUT2D eigenvalue weighted by atomic mass is 9.84. The fourth-order valence-corrected chi connectivity index (χ4v) is 3.98. The maximum atomic E-state index is 5.02. The SMILES string of the molecule is CC(C)(C)c1cccc(CNC2=Nc3ccccc3NC23CCNCC3)c1. The van der Waals surface area contributed by atoms with E-state index < -0.39 is 0 Å². The third-order valence-electron chi connectivity index (χ3n) is 5.67. The van der Waals surface area contributed by atoms with Gasteiger partial charge in [0, 0.05) is 6.54 Å². The van der Waals surface area contributed by atoms with Crippen molar-refractivity contribution in [2.75, 3.05) is 18.4 Å². The summed E-state index contributed by atoms with van der Waals surface area (Å²) in [6.45, 7) is 9.59. The molecule has 0 atom stereocenters. The molecule has 0 bridgehead atoms. The van der Waals surface area contributed by atoms with E-state index in [1.165, 1.54) is 11.1 Å². The van der Waals surface area contributed by atoms with Crippen molar-refractivity contribution in [1.82, 2.24) is 10.6 Å². The number of nitrogens with zero attached hydrogens (tertiary/aromatic N) is 1. The topological polar surface area (TPSA) is 48.5 Å². The molecule has 4 rings (SSSR count). The Morgan fingerprint density at radius 2 is 1.81 bits per heavy atom. The third kappa shape index (κ3) is 3.72. The first-order valence-corrected chi connectivity index (χ1v) is 9.97. The molecule has 4 heteroatoms. The summed E-state index contributed by atoms with van der Waals surface area (Å²) >= 11 is 0. The molecule has 2 aromatic rings. The smallest absolute Gasteiger partial charge is 0.128 e. The van der Waals surface area contributed by atoms with Crippen molar-refractivity contribution in [3.05, 3.63) is 59.7 Å². The van der Waals surface area contributed by atoms with Gasteiger partial charge in [0.2, 0.25) is 0 Å². The van der Waals surface area contributed by atoms with Crippen LogP contribution in [0.15, 0.2) is 53.5 Å². The van der Waals surface area contributed by atoms with Gasteiger partial charge < -0.3 is 16.0 Å². The number of nitrogens with one attached hydrogen (secondary N) is 3. The number of fused-ring (bicyclic) bond motifs is 1. The Morgan fingerprint density at radius 1 is 1.04 bits per heavy atom. The Kier molecular flexibility index (Phi) is 4.68. The van der Waals surface area contributed by atoms with Gasteiger partial charge in [-0.05, 0) is 54.6 Å². The number of benzene rings is 2. The normalized spacial score (nSPS) is 18.4. The maximum absolute atomic E-state index is 5.02. The molecule has 1 fully saturated rings. The number of amidine groups is 1. The summed E-state index contributed by atoms with van der Waals surface area (Å²) in [6.07, 6.45) is 2.07. The highest BCUT2D eigenvalue weighted by atomic mass is 15.2. The van der Waals surface area contributed by atoms with E-state index in [0.29, 0.717) is 0 Å². The minimum atomic E-state index is -0.0960. The van der Waals surface area contributed by atoms with Gasteiger partial charge in [-0.15, -0.1) is 0 Å². The van der Waals surface area contributed by atoms with E-state index in [4.69, 9.17) is 4.99 Å². The number of hydrogen-bond donors (Lipinski definition) is 3. The molecule has 2 heterocycles. The second-order valence-corrected chi connectivity index (χ2v) is 8.74. The molecule has 0 unspecified atom stereocenters. The number of anilines is 1. The monoisotopic (exact) mass is 362 g/mol. The molecule has 2 aromatic carbocycles. The van der Waals surface area contributed by atoms with E-state index in [2.05, 4.69) is 85.3 Å². The fourth-order valence-electron chi connectivity index (χ4n) is 3.98. The Balaban J connectivity index is 1.60. The van der Waals surface area contributed by atoms with Gasteiger partial charge in [0.25, 0.3) is 0 Å². The summed E-state index contributed by atoms with van der Waals surface area (Å²) in [5.74, 6) is 1.07. The molecule has 1 saturated heterocycles. The molecule has 3 N–H and O–H groups in total. The van der Waals surface area contributed by atoms with Crippen LogP contribution in [0.2, 0.25) is 0 Å². The van der Waals surface area contributed by atoms with Crippen LogP contribution in [0, 0.1) is 0 Å². The molecule has 1 spiro atoms. The molecule has 27 heavy (non-hydrogen) atoms. The number of hydrogen-bond acceptors (Lipinski definition) is 4. The highest BCUT2D eigenvalue weighted by molar-refractivity contribution is 6.00. The van der Waals surface area contributed by atoms with Crippen molar-refractivity contribution in [3.8, 4) is 0 Å². The van der Waals surface area contributed by atoms with Crippen LogP contribution in [0.3, 0.4) is 0 Å². The molecular formula is C23H30N4. The van der Waals surface area contributed by atoms with E-state index in [-0.39, 0.29) is 11.0 Å². The Morgan fingerprint density at radius 3 is 2.59 bits per heavy atom. The molecular weight excluding hydrogens is 332 g/mol. The third-order valence-corrected chi connectivity index (χ3v) is 5.67. The van der Waals surface area contributed by atoms with Crippen LogP contribution < -0.4 is 16.0 Å². The molecule has 0 aliphatic carbocycles. The lowest BCUT2D eigenvalue weighted by Crippen LogP contribution is -2.58. The van der Waals surface area contributed by atoms with Crippen molar-refractivity contribution >= 4 is 17.2 Å². The average molecular weight is 363 g/mol. The van der Waals surface area contributed by atoms with E-state index in [9.17, 15) is 0 Å². The van der Waals surface area contributed by atoms with E-state index >= 15 is 0 Å². The standard InChI is InChI=1S/C23H30N4/c1-22(2,3)18-8-6-7-17(15-18)16-25-21-23(11-13-24-14-12-23)27-20-10-5-4-9-19(20)26-21/h4-10,15,24,27H,11-14,16H2,1-3H3,(H,25,26). The van der Waals surface area contributed by atoms with Crippen LogP contribution in [0.4, 0.5) is 11.4 Å². The predicted molar refractivity (Wildman–Crippen MR) is 114 cm³/mol. The largest absolute Gasteiger partial charge is 0.371 e. The van der Waals surface area contributed by atoms with E-state index in [1.807, 2.05) is 0 Å². The Labute approximate surface area is 162 Å². The molecule has 0 amide bonds. The zero-order valence-corrected chi connectivity index (χ0v) is 16.6. The summed E-state index contributed by atoms with van der Waals surface area (Å²) in [5.41, 5.74) is 4.89. The van der Waals surface area contributed by atoms with Gasteiger partial charge in [-0.25, -0.2) is 4.99 Å². The van der Waals surface area contributed by atoms with Crippen LogP contribution in [0.5, 0.6) is 0 Å². The first-order valence-electron chi connectivity index (χ1n) is 9.97. The summed E-state index contributed by atoms with van der Waals surface area (Å²) < 4.78 is 0. The van der Waals surface area contributed by atoms with Crippen LogP contribution in [-0.2, 0) is 12.0 Å². The van der Waals surface area contributed by atoms with Gasteiger partial charge >= 0.3 is 0 Å². The number of aliphatic imine (C=N–C) groups is 1. The van der Waals surface area contributed by atoms with E-state index in [0.717, 1.165) is 49.7 Å². The summed E-state index contributed by atoms with van der Waals surface area (Å²) in [6, 6.07) is 17.2. The molecule has 4 nitrogen and oxygen atoms in total. The number of para-hydroxylation sites is 2. The minimum absolute atomic E-state index is 0.0960. The highest BCUT2D eigenvalue weighted by Gasteiger charge is 2.40. The number of rotatable bonds is 2. The second-order valence-electron chi connectivity index (χ2n) is 8.74. The van der Waals surface area contributed by atoms with Crippen LogP contribution >= 0.6 is 0 Å². The fraction of sp³-hybridized carbons (Fsp3) is 0.435. The van der Waals surface area contributed by atoms with Gasteiger partial charge in [-0.1, -0.05) is 57.2 Å². The van der Waals surface area contributed by atoms with Crippen LogP contribution in [0.1, 0.15) is 44.7 Å². The van der Waals surface area contributed by atoms with Gasteiger partial charge in [-0.2, -0.15) is 0 Å². The summed E-state index contributed by atoms with van der Waals surface area (Å²) in [4.78, 5) is 5.02. The average Bonchev–Trinajstić information content (AvgIpc) is 2.66. The quantitative estimate of drug-likeness (QED) is 0.744. The van der Waals surface area contributed by atoms with Crippen molar-refractivity contribution in [2.45, 2.75) is 51.1 Å². The molecule has 142 valence electrons. The zero-order chi connectivity index (χ0) is 18.9. The Hall–Kier alpha value is -2.33. The van der Waals surface area contributed by atoms with Crippen molar-refractivity contribution in [2.24, 2.45) is 4.99 Å². The molecule has 0 radical (unpaired) electrons. The first kappa shape index (κ1) is 18.1. The lowest BCUT2D eigenvalue weighted by molar-refractivity contribution is 0.412. The Bertz CT molecular complexity index is 841.